The van der Waals surface area contributed by atoms with Crippen molar-refractivity contribution in [1.29, 1.82) is 0 Å². The molecule has 1 aromatic carbocycles. The van der Waals surface area contributed by atoms with Gasteiger partial charge in [-0.15, -0.1) is 4.83 Å². The highest BCUT2D eigenvalue weighted by molar-refractivity contribution is 7.89. The maximum absolute atomic E-state index is 12.3. The van der Waals surface area contributed by atoms with Crippen molar-refractivity contribution in [3.05, 3.63) is 29.8 Å². The van der Waals surface area contributed by atoms with E-state index in [1.807, 2.05) is 12.1 Å². The molecule has 1 heterocycles. The standard InChI is InChI=1S/C15H25N3O2S/c1-2-10-16-13-14-6-8-15(9-7-14)21(19,20)17-18-11-4-3-5-12-18/h6-9,16-17H,2-5,10-13H2,1H3. The fourth-order valence-corrected chi connectivity index (χ4v) is 3.53. The number of sulfonamides is 1. The Balaban J connectivity index is 1.95. The van der Waals surface area contributed by atoms with Crippen LogP contribution in [-0.4, -0.2) is 33.1 Å². The molecule has 5 nitrogen and oxygen atoms in total. The summed E-state index contributed by atoms with van der Waals surface area (Å²) in [5, 5.41) is 5.10. The summed E-state index contributed by atoms with van der Waals surface area (Å²) in [5.74, 6) is 0. The van der Waals surface area contributed by atoms with Crippen LogP contribution in [-0.2, 0) is 16.6 Å². The summed E-state index contributed by atoms with van der Waals surface area (Å²) in [6, 6.07) is 7.09. The molecule has 0 spiro atoms. The SMILES string of the molecule is CCCNCc1ccc(S(=O)(=O)NN2CCCCC2)cc1. The molecule has 2 rings (SSSR count). The lowest BCUT2D eigenvalue weighted by atomic mass is 10.2. The highest BCUT2D eigenvalue weighted by Crippen LogP contribution is 2.13. The predicted octanol–water partition coefficient (Wildman–Crippen LogP) is 1.87. The van der Waals surface area contributed by atoms with Gasteiger partial charge in [-0.05, 0) is 43.5 Å². The lowest BCUT2D eigenvalue weighted by molar-refractivity contribution is 0.200. The molecule has 6 heteroatoms. The molecule has 1 aliphatic rings. The van der Waals surface area contributed by atoms with Gasteiger partial charge in [0, 0.05) is 19.6 Å². The van der Waals surface area contributed by atoms with Crippen LogP contribution in [0.1, 0.15) is 38.2 Å². The molecular weight excluding hydrogens is 286 g/mol. The smallest absolute Gasteiger partial charge is 0.253 e. The molecule has 1 aromatic rings. The van der Waals surface area contributed by atoms with Crippen LogP contribution in [0.2, 0.25) is 0 Å². The predicted molar refractivity (Wildman–Crippen MR) is 84.2 cm³/mol. The van der Waals surface area contributed by atoms with E-state index in [2.05, 4.69) is 17.1 Å². The zero-order valence-corrected chi connectivity index (χ0v) is 13.5. The third-order valence-electron chi connectivity index (χ3n) is 3.59. The maximum Gasteiger partial charge on any atom is 0.253 e. The highest BCUT2D eigenvalue weighted by Gasteiger charge is 2.19. The summed E-state index contributed by atoms with van der Waals surface area (Å²) in [7, 11) is -3.45. The summed E-state index contributed by atoms with van der Waals surface area (Å²) in [5.41, 5.74) is 1.10. The minimum Gasteiger partial charge on any atom is -0.313 e. The topological polar surface area (TPSA) is 61.4 Å². The van der Waals surface area contributed by atoms with E-state index in [9.17, 15) is 8.42 Å². The van der Waals surface area contributed by atoms with E-state index in [4.69, 9.17) is 0 Å². The molecule has 2 N–H and O–H groups in total. The number of benzene rings is 1. The van der Waals surface area contributed by atoms with Crippen LogP contribution in [0, 0.1) is 0 Å². The number of piperidine rings is 1. The minimum absolute atomic E-state index is 0.326. The molecule has 0 bridgehead atoms. The average molecular weight is 311 g/mol. The van der Waals surface area contributed by atoms with E-state index in [-0.39, 0.29) is 0 Å². The van der Waals surface area contributed by atoms with Gasteiger partial charge in [0.2, 0.25) is 0 Å². The molecule has 0 amide bonds. The second-order valence-electron chi connectivity index (χ2n) is 5.46. The molecule has 0 saturated carbocycles. The van der Waals surface area contributed by atoms with Crippen LogP contribution in [0.25, 0.3) is 0 Å². The second kappa shape index (κ2) is 7.89. The number of nitrogens with one attached hydrogen (secondary N) is 2. The Morgan fingerprint density at radius 2 is 1.76 bits per heavy atom. The van der Waals surface area contributed by atoms with Crippen LogP contribution in [0.4, 0.5) is 0 Å². The van der Waals surface area contributed by atoms with Crippen molar-refractivity contribution < 1.29 is 8.42 Å². The van der Waals surface area contributed by atoms with Crippen molar-refractivity contribution in [2.45, 2.75) is 44.0 Å². The molecule has 1 fully saturated rings. The molecule has 1 aliphatic heterocycles. The monoisotopic (exact) mass is 311 g/mol. The second-order valence-corrected chi connectivity index (χ2v) is 7.12. The maximum atomic E-state index is 12.3. The van der Waals surface area contributed by atoms with Crippen LogP contribution >= 0.6 is 0 Å². The first-order chi connectivity index (χ1) is 10.1. The Hall–Kier alpha value is -0.950. The summed E-state index contributed by atoms with van der Waals surface area (Å²) in [4.78, 5) is 3.00. The third-order valence-corrected chi connectivity index (χ3v) is 4.99. The number of hydrazine groups is 1. The van der Waals surface area contributed by atoms with Crippen molar-refractivity contribution in [3.8, 4) is 0 Å². The van der Waals surface area contributed by atoms with Gasteiger partial charge in [-0.3, -0.25) is 0 Å². The van der Waals surface area contributed by atoms with Crippen LogP contribution in [0.5, 0.6) is 0 Å². The molecular formula is C15H25N3O2S. The van der Waals surface area contributed by atoms with Crippen molar-refractivity contribution in [1.82, 2.24) is 15.2 Å². The van der Waals surface area contributed by atoms with Crippen LogP contribution in [0.15, 0.2) is 29.2 Å². The molecule has 0 radical (unpaired) electrons. The minimum atomic E-state index is -3.45. The molecule has 0 atom stereocenters. The van der Waals surface area contributed by atoms with Gasteiger partial charge in [-0.25, -0.2) is 13.4 Å². The van der Waals surface area contributed by atoms with Crippen molar-refractivity contribution in [3.63, 3.8) is 0 Å². The first-order valence-corrected chi connectivity index (χ1v) is 9.17. The fourth-order valence-electron chi connectivity index (χ4n) is 2.40. The van der Waals surface area contributed by atoms with Gasteiger partial charge in [0.1, 0.15) is 0 Å². The van der Waals surface area contributed by atoms with E-state index in [1.165, 1.54) is 6.42 Å². The van der Waals surface area contributed by atoms with Gasteiger partial charge in [-0.2, -0.15) is 0 Å². The fraction of sp³-hybridized carbons (Fsp3) is 0.600. The molecule has 0 unspecified atom stereocenters. The van der Waals surface area contributed by atoms with Crippen molar-refractivity contribution in [2.75, 3.05) is 19.6 Å². The van der Waals surface area contributed by atoms with E-state index in [1.54, 1.807) is 17.1 Å². The number of nitrogens with zero attached hydrogens (tertiary/aromatic N) is 1. The lowest BCUT2D eigenvalue weighted by Gasteiger charge is -2.26. The van der Waals surface area contributed by atoms with Crippen LogP contribution in [0.3, 0.4) is 0 Å². The first kappa shape index (κ1) is 16.4. The summed E-state index contributed by atoms with van der Waals surface area (Å²) in [6.07, 6.45) is 4.36. The zero-order chi connectivity index (χ0) is 15.1. The summed E-state index contributed by atoms with van der Waals surface area (Å²) < 4.78 is 24.6. The Morgan fingerprint density at radius 1 is 1.10 bits per heavy atom. The van der Waals surface area contributed by atoms with Gasteiger partial charge in [0.25, 0.3) is 10.0 Å². The van der Waals surface area contributed by atoms with Crippen LogP contribution < -0.4 is 10.1 Å². The van der Waals surface area contributed by atoms with E-state index in [0.717, 1.165) is 51.0 Å². The molecule has 21 heavy (non-hydrogen) atoms. The highest BCUT2D eigenvalue weighted by atomic mass is 32.2. The van der Waals surface area contributed by atoms with Crippen molar-refractivity contribution in [2.24, 2.45) is 0 Å². The zero-order valence-electron chi connectivity index (χ0n) is 12.6. The number of rotatable bonds is 7. The number of hydrogen-bond donors (Lipinski definition) is 2. The lowest BCUT2D eigenvalue weighted by Crippen LogP contribution is -2.44. The summed E-state index contributed by atoms with van der Waals surface area (Å²) in [6.45, 7) is 5.44. The molecule has 1 saturated heterocycles. The quantitative estimate of drug-likeness (QED) is 0.755. The van der Waals surface area contributed by atoms with Crippen molar-refractivity contribution >= 4 is 10.0 Å². The van der Waals surface area contributed by atoms with E-state index in [0.29, 0.717) is 4.90 Å². The van der Waals surface area contributed by atoms with E-state index >= 15 is 0 Å². The molecule has 118 valence electrons. The Bertz CT molecular complexity index is 522. The number of hydrogen-bond acceptors (Lipinski definition) is 4. The first-order valence-electron chi connectivity index (χ1n) is 7.69. The van der Waals surface area contributed by atoms with Gasteiger partial charge < -0.3 is 5.32 Å². The summed E-state index contributed by atoms with van der Waals surface area (Å²) >= 11 is 0. The third kappa shape index (κ3) is 5.07. The Labute approximate surface area is 127 Å². The Morgan fingerprint density at radius 3 is 2.38 bits per heavy atom. The van der Waals surface area contributed by atoms with E-state index < -0.39 is 10.0 Å². The van der Waals surface area contributed by atoms with Gasteiger partial charge in [-0.1, -0.05) is 25.5 Å². The molecule has 0 aliphatic carbocycles. The van der Waals surface area contributed by atoms with Gasteiger partial charge in [0.05, 0.1) is 4.90 Å². The average Bonchev–Trinajstić information content (AvgIpc) is 2.49. The van der Waals surface area contributed by atoms with Gasteiger partial charge in [0.15, 0.2) is 0 Å². The molecule has 0 aromatic heterocycles. The Kier molecular flexibility index (Phi) is 6.17. The van der Waals surface area contributed by atoms with Gasteiger partial charge >= 0.3 is 0 Å². The largest absolute Gasteiger partial charge is 0.313 e. The normalized spacial score (nSPS) is 17.0.